The largest absolute Gasteiger partial charge is 0.339 e. The topological polar surface area (TPSA) is 119 Å². The number of rotatable bonds is 10. The smallest absolute Gasteiger partial charge is 0.233 e. The number of carbonyl (C=O) groups excluding carboxylic acids is 1. The Kier molecular flexibility index (Phi) is 9.55. The van der Waals surface area contributed by atoms with Crippen molar-refractivity contribution in [3.8, 4) is 6.07 Å². The van der Waals surface area contributed by atoms with Crippen molar-refractivity contribution in [3.05, 3.63) is 35.9 Å². The zero-order valence-electron chi connectivity index (χ0n) is 19.8. The Labute approximate surface area is 197 Å². The van der Waals surface area contributed by atoms with Crippen LogP contribution in [0.25, 0.3) is 0 Å². The molecule has 4 atom stereocenters. The summed E-state index contributed by atoms with van der Waals surface area (Å²) in [6, 6.07) is 12.5. The summed E-state index contributed by atoms with van der Waals surface area (Å²) >= 11 is 0. The molecule has 4 unspecified atom stereocenters. The minimum Gasteiger partial charge on any atom is -0.339 e. The zero-order valence-corrected chi connectivity index (χ0v) is 19.8. The SMILES string of the molecule is CCCCC(CC#N)CN=C1CC(C)=NC(N)C1C(=O)NC1CNCN1Cc1ccccc1. The summed E-state index contributed by atoms with van der Waals surface area (Å²) in [6.07, 6.45) is 3.42. The van der Waals surface area contributed by atoms with Crippen LogP contribution in [0.2, 0.25) is 0 Å². The molecule has 33 heavy (non-hydrogen) atoms. The average Bonchev–Trinajstić information content (AvgIpc) is 3.22. The molecule has 0 aliphatic carbocycles. The first kappa shape index (κ1) is 25.0. The quantitative estimate of drug-likeness (QED) is 0.505. The first-order valence-electron chi connectivity index (χ1n) is 12.0. The lowest BCUT2D eigenvalue weighted by molar-refractivity contribution is -0.125. The van der Waals surface area contributed by atoms with Gasteiger partial charge in [0.05, 0.1) is 18.9 Å². The van der Waals surface area contributed by atoms with E-state index in [1.54, 1.807) is 0 Å². The monoisotopic (exact) mass is 451 g/mol. The second kappa shape index (κ2) is 12.6. The van der Waals surface area contributed by atoms with Gasteiger partial charge in [-0.2, -0.15) is 5.26 Å². The Balaban J connectivity index is 1.69. The van der Waals surface area contributed by atoms with Crippen molar-refractivity contribution in [2.75, 3.05) is 19.8 Å². The number of aliphatic imine (C=N–C) groups is 2. The van der Waals surface area contributed by atoms with Gasteiger partial charge >= 0.3 is 0 Å². The van der Waals surface area contributed by atoms with Crippen molar-refractivity contribution in [1.82, 2.24) is 15.5 Å². The maximum atomic E-state index is 13.4. The van der Waals surface area contributed by atoms with Gasteiger partial charge in [0.2, 0.25) is 5.91 Å². The fourth-order valence-electron chi connectivity index (χ4n) is 4.50. The molecule has 0 aromatic heterocycles. The summed E-state index contributed by atoms with van der Waals surface area (Å²) in [4.78, 5) is 24.9. The van der Waals surface area contributed by atoms with Crippen LogP contribution in [0.1, 0.15) is 51.5 Å². The molecular weight excluding hydrogens is 414 g/mol. The first-order chi connectivity index (χ1) is 16.0. The maximum absolute atomic E-state index is 13.4. The van der Waals surface area contributed by atoms with Crippen molar-refractivity contribution in [2.24, 2.45) is 27.6 Å². The van der Waals surface area contributed by atoms with E-state index in [9.17, 15) is 10.1 Å². The van der Waals surface area contributed by atoms with Crippen LogP contribution < -0.4 is 16.4 Å². The van der Waals surface area contributed by atoms with Crippen molar-refractivity contribution >= 4 is 17.3 Å². The number of carbonyl (C=O) groups is 1. The van der Waals surface area contributed by atoms with E-state index >= 15 is 0 Å². The van der Waals surface area contributed by atoms with Gasteiger partial charge in [0.15, 0.2) is 0 Å². The molecule has 1 fully saturated rings. The van der Waals surface area contributed by atoms with Gasteiger partial charge in [0.1, 0.15) is 12.1 Å². The summed E-state index contributed by atoms with van der Waals surface area (Å²) in [6.45, 7) is 6.77. The Morgan fingerprint density at radius 2 is 2.21 bits per heavy atom. The fourth-order valence-corrected chi connectivity index (χ4v) is 4.50. The van der Waals surface area contributed by atoms with Crippen molar-refractivity contribution in [2.45, 2.75) is 64.8 Å². The molecule has 0 bridgehead atoms. The molecule has 0 spiro atoms. The van der Waals surface area contributed by atoms with Crippen LogP contribution in [0.4, 0.5) is 0 Å². The number of benzene rings is 1. The van der Waals surface area contributed by atoms with E-state index in [1.165, 1.54) is 5.56 Å². The number of nitriles is 1. The Hall–Kier alpha value is -2.60. The van der Waals surface area contributed by atoms with E-state index in [1.807, 2.05) is 25.1 Å². The lowest BCUT2D eigenvalue weighted by Gasteiger charge is -2.30. The van der Waals surface area contributed by atoms with Gasteiger partial charge in [-0.05, 0) is 24.8 Å². The standard InChI is InChI=1S/C25H37N7O/c1-3-4-8-19(11-12-26)14-29-21-13-18(2)30-24(27)23(21)25(33)31-22-15-28-17-32(22)16-20-9-6-5-7-10-20/h5-7,9-10,19,22-24,28H,3-4,8,11,13-17,27H2,1-2H3,(H,31,33). The number of nitrogens with two attached hydrogens (primary N) is 1. The van der Waals surface area contributed by atoms with Crippen LogP contribution >= 0.6 is 0 Å². The van der Waals surface area contributed by atoms with Crippen LogP contribution in [-0.4, -0.2) is 54.3 Å². The molecule has 1 aromatic rings. The van der Waals surface area contributed by atoms with Crippen LogP contribution in [-0.2, 0) is 11.3 Å². The maximum Gasteiger partial charge on any atom is 0.233 e. The molecular formula is C25H37N7O. The van der Waals surface area contributed by atoms with Crippen LogP contribution in [0.5, 0.6) is 0 Å². The van der Waals surface area contributed by atoms with E-state index in [0.29, 0.717) is 32.6 Å². The van der Waals surface area contributed by atoms with Crippen molar-refractivity contribution in [1.29, 1.82) is 5.26 Å². The third-order valence-corrected chi connectivity index (χ3v) is 6.32. The minimum atomic E-state index is -0.639. The summed E-state index contributed by atoms with van der Waals surface area (Å²) in [5.41, 5.74) is 9.21. The zero-order chi connectivity index (χ0) is 23.6. The second-order valence-electron chi connectivity index (χ2n) is 9.08. The molecule has 1 saturated heterocycles. The molecule has 178 valence electrons. The van der Waals surface area contributed by atoms with Gasteiger partial charge in [-0.25, -0.2) is 0 Å². The number of unbranched alkanes of at least 4 members (excludes halogenated alkanes) is 1. The highest BCUT2D eigenvalue weighted by atomic mass is 16.2. The molecule has 8 nitrogen and oxygen atoms in total. The third-order valence-electron chi connectivity index (χ3n) is 6.32. The lowest BCUT2D eigenvalue weighted by atomic mass is 9.91. The third kappa shape index (κ3) is 7.19. The Bertz CT molecular complexity index is 876. The number of hydrogen-bond donors (Lipinski definition) is 3. The molecule has 2 heterocycles. The molecule has 2 aliphatic heterocycles. The van der Waals surface area contributed by atoms with E-state index < -0.39 is 12.1 Å². The highest BCUT2D eigenvalue weighted by molar-refractivity contribution is 6.14. The average molecular weight is 452 g/mol. The number of hydrogen-bond acceptors (Lipinski definition) is 7. The molecule has 3 rings (SSSR count). The van der Waals surface area contributed by atoms with Crippen LogP contribution in [0, 0.1) is 23.2 Å². The van der Waals surface area contributed by atoms with E-state index in [0.717, 1.165) is 37.2 Å². The second-order valence-corrected chi connectivity index (χ2v) is 9.08. The number of nitrogens with one attached hydrogen (secondary N) is 2. The minimum absolute atomic E-state index is 0.117. The first-order valence-corrected chi connectivity index (χ1v) is 12.0. The summed E-state index contributed by atoms with van der Waals surface area (Å²) < 4.78 is 0. The fraction of sp³-hybridized carbons (Fsp3) is 0.600. The van der Waals surface area contributed by atoms with E-state index in [-0.39, 0.29) is 18.0 Å². The van der Waals surface area contributed by atoms with Crippen molar-refractivity contribution in [3.63, 3.8) is 0 Å². The molecule has 0 radical (unpaired) electrons. The molecule has 1 amide bonds. The van der Waals surface area contributed by atoms with Crippen molar-refractivity contribution < 1.29 is 4.79 Å². The molecule has 4 N–H and O–H groups in total. The summed E-state index contributed by atoms with van der Waals surface area (Å²) in [7, 11) is 0. The number of amides is 1. The predicted molar refractivity (Wildman–Crippen MR) is 132 cm³/mol. The molecule has 2 aliphatic rings. The predicted octanol–water partition coefficient (Wildman–Crippen LogP) is 2.42. The number of nitrogens with zero attached hydrogens (tertiary/aromatic N) is 4. The van der Waals surface area contributed by atoms with Gasteiger partial charge in [-0.1, -0.05) is 50.1 Å². The van der Waals surface area contributed by atoms with Gasteiger partial charge < -0.3 is 16.4 Å². The highest BCUT2D eigenvalue weighted by Gasteiger charge is 2.36. The van der Waals surface area contributed by atoms with Gasteiger partial charge in [0, 0.05) is 43.9 Å². The normalized spacial score (nSPS) is 25.5. The molecule has 8 heteroatoms. The van der Waals surface area contributed by atoms with Gasteiger partial charge in [-0.3, -0.25) is 19.7 Å². The Morgan fingerprint density at radius 3 is 2.94 bits per heavy atom. The van der Waals surface area contributed by atoms with Crippen LogP contribution in [0.3, 0.4) is 0 Å². The van der Waals surface area contributed by atoms with Gasteiger partial charge in [0.25, 0.3) is 0 Å². The van der Waals surface area contributed by atoms with Gasteiger partial charge in [-0.15, -0.1) is 0 Å². The molecule has 1 aromatic carbocycles. The van der Waals surface area contributed by atoms with E-state index in [2.05, 4.69) is 45.7 Å². The Morgan fingerprint density at radius 1 is 1.42 bits per heavy atom. The van der Waals surface area contributed by atoms with E-state index in [4.69, 9.17) is 10.7 Å². The summed E-state index contributed by atoms with van der Waals surface area (Å²) in [5.74, 6) is -0.501. The molecule has 0 saturated carbocycles. The highest BCUT2D eigenvalue weighted by Crippen LogP contribution is 2.20. The summed E-state index contributed by atoms with van der Waals surface area (Å²) in [5, 5.41) is 15.7. The lowest BCUT2D eigenvalue weighted by Crippen LogP contribution is -2.54. The van der Waals surface area contributed by atoms with Crippen LogP contribution in [0.15, 0.2) is 40.3 Å².